The van der Waals surface area contributed by atoms with E-state index in [1.54, 1.807) is 0 Å². The molecule has 0 aromatic rings. The number of allylic oxidation sites excluding steroid dienone is 1. The molecule has 0 heterocycles. The van der Waals surface area contributed by atoms with Gasteiger partial charge in [-0.1, -0.05) is 19.9 Å². The Morgan fingerprint density at radius 3 is 2.40 bits per heavy atom. The lowest BCUT2D eigenvalue weighted by molar-refractivity contribution is 0.219. The molecular weight excluding hydrogens is 206 g/mol. The van der Waals surface area contributed by atoms with E-state index in [0.717, 1.165) is 12.8 Å². The first-order valence-corrected chi connectivity index (χ1v) is 5.95. The monoisotopic (exact) mass is 229 g/mol. The summed E-state index contributed by atoms with van der Waals surface area (Å²) in [5.41, 5.74) is -0.0379. The molecule has 0 aliphatic heterocycles. The van der Waals surface area contributed by atoms with E-state index < -0.39 is 0 Å². The number of hydrogen-bond acceptors (Lipinski definition) is 2. The van der Waals surface area contributed by atoms with Gasteiger partial charge in [0.05, 0.1) is 0 Å². The molecule has 88 valence electrons. The van der Waals surface area contributed by atoms with Gasteiger partial charge in [-0.15, -0.1) is 0 Å². The van der Waals surface area contributed by atoms with Gasteiger partial charge < -0.3 is 10.1 Å². The summed E-state index contributed by atoms with van der Waals surface area (Å²) in [6.45, 7) is 10.4. The maximum Gasteiger partial charge on any atom is 0.257 e. The summed E-state index contributed by atoms with van der Waals surface area (Å²) in [5.74, 6) is 0. The van der Waals surface area contributed by atoms with Gasteiger partial charge in [0.1, 0.15) is 6.10 Å². The summed E-state index contributed by atoms with van der Waals surface area (Å²) >= 11 is 5.13. The molecule has 1 atom stereocenters. The summed E-state index contributed by atoms with van der Waals surface area (Å²) in [7, 11) is 0. The molecule has 3 heteroatoms. The van der Waals surface area contributed by atoms with Crippen LogP contribution < -0.4 is 5.32 Å². The van der Waals surface area contributed by atoms with Crippen molar-refractivity contribution in [1.82, 2.24) is 5.32 Å². The van der Waals surface area contributed by atoms with Crippen molar-refractivity contribution >= 4 is 17.4 Å². The van der Waals surface area contributed by atoms with E-state index in [9.17, 15) is 0 Å². The van der Waals surface area contributed by atoms with Crippen LogP contribution >= 0.6 is 12.2 Å². The normalized spacial score (nSPS) is 13.9. The number of hydrogen-bond donors (Lipinski definition) is 1. The minimum atomic E-state index is -0.0379. The molecule has 0 saturated carbocycles. The summed E-state index contributed by atoms with van der Waals surface area (Å²) in [6, 6.07) is 0. The van der Waals surface area contributed by atoms with E-state index in [2.05, 4.69) is 52.1 Å². The molecule has 0 aromatic carbocycles. The highest BCUT2D eigenvalue weighted by atomic mass is 32.1. The Morgan fingerprint density at radius 1 is 1.40 bits per heavy atom. The summed E-state index contributed by atoms with van der Waals surface area (Å²) in [4.78, 5) is 0. The van der Waals surface area contributed by atoms with Gasteiger partial charge in [-0.25, -0.2) is 0 Å². The van der Waals surface area contributed by atoms with E-state index in [1.165, 1.54) is 0 Å². The zero-order valence-electron chi connectivity index (χ0n) is 10.5. The van der Waals surface area contributed by atoms with E-state index in [-0.39, 0.29) is 11.6 Å². The highest BCUT2D eigenvalue weighted by Gasteiger charge is 2.13. The van der Waals surface area contributed by atoms with E-state index in [4.69, 9.17) is 17.0 Å². The smallest absolute Gasteiger partial charge is 0.257 e. The third kappa shape index (κ3) is 8.43. The Hall–Kier alpha value is -0.570. The van der Waals surface area contributed by atoms with Gasteiger partial charge in [0.15, 0.2) is 0 Å². The van der Waals surface area contributed by atoms with Crippen LogP contribution in [0.15, 0.2) is 12.2 Å². The van der Waals surface area contributed by atoms with Crippen molar-refractivity contribution in [2.24, 2.45) is 0 Å². The summed E-state index contributed by atoms with van der Waals surface area (Å²) in [5, 5.41) is 3.62. The van der Waals surface area contributed by atoms with Crippen LogP contribution in [0.5, 0.6) is 0 Å². The van der Waals surface area contributed by atoms with Crippen LogP contribution in [0.3, 0.4) is 0 Å². The Balaban J connectivity index is 4.07. The molecule has 0 spiro atoms. The molecule has 2 nitrogen and oxygen atoms in total. The number of thiocarbonyl (C=S) groups is 1. The van der Waals surface area contributed by atoms with Gasteiger partial charge in [0, 0.05) is 5.54 Å². The lowest BCUT2D eigenvalue weighted by Gasteiger charge is -2.24. The van der Waals surface area contributed by atoms with Crippen molar-refractivity contribution in [3.63, 3.8) is 0 Å². The molecule has 0 aromatic heterocycles. The standard InChI is InChI=1S/C12H23NOS/c1-6-8-9-10(7-2)14-11(15)13-12(3,4)5/h8-10H,6-7H2,1-5H3,(H,13,15)/b9-8+/t10-/m0/s1. The molecule has 0 radical (unpaired) electrons. The van der Waals surface area contributed by atoms with E-state index in [1.807, 2.05) is 0 Å². The first-order chi connectivity index (χ1) is 6.89. The molecule has 0 fully saturated rings. The number of nitrogens with one attached hydrogen (secondary N) is 1. The van der Waals surface area contributed by atoms with Gasteiger partial charge in [0.2, 0.25) is 0 Å². The summed E-state index contributed by atoms with van der Waals surface area (Å²) in [6.07, 6.45) is 6.22. The molecule has 0 aliphatic carbocycles. The number of rotatable bonds is 4. The van der Waals surface area contributed by atoms with Crippen LogP contribution in [-0.2, 0) is 4.74 Å². The van der Waals surface area contributed by atoms with Crippen LogP contribution in [0.4, 0.5) is 0 Å². The maximum absolute atomic E-state index is 5.61. The lowest BCUT2D eigenvalue weighted by atomic mass is 10.1. The number of ether oxygens (including phenoxy) is 1. The second-order valence-corrected chi connectivity index (χ2v) is 4.93. The summed E-state index contributed by atoms with van der Waals surface area (Å²) < 4.78 is 5.61. The zero-order valence-corrected chi connectivity index (χ0v) is 11.3. The van der Waals surface area contributed by atoms with Gasteiger partial charge in [0.25, 0.3) is 5.17 Å². The zero-order chi connectivity index (χ0) is 11.9. The molecule has 1 N–H and O–H groups in total. The highest BCUT2D eigenvalue weighted by Crippen LogP contribution is 2.05. The average Bonchev–Trinajstić information content (AvgIpc) is 2.09. The molecular formula is C12H23NOS. The molecule has 0 amide bonds. The quantitative estimate of drug-likeness (QED) is 0.589. The third-order valence-electron chi connectivity index (χ3n) is 1.72. The molecule has 0 rings (SSSR count). The van der Waals surface area contributed by atoms with Crippen molar-refractivity contribution in [3.05, 3.63) is 12.2 Å². The van der Waals surface area contributed by atoms with Crippen LogP contribution in [-0.4, -0.2) is 16.8 Å². The Bertz CT molecular complexity index is 218. The van der Waals surface area contributed by atoms with Crippen molar-refractivity contribution < 1.29 is 4.74 Å². The van der Waals surface area contributed by atoms with Crippen LogP contribution in [0.25, 0.3) is 0 Å². The highest BCUT2D eigenvalue weighted by molar-refractivity contribution is 7.80. The van der Waals surface area contributed by atoms with Crippen LogP contribution in [0.1, 0.15) is 47.5 Å². The van der Waals surface area contributed by atoms with E-state index in [0.29, 0.717) is 5.17 Å². The van der Waals surface area contributed by atoms with E-state index >= 15 is 0 Å². The third-order valence-corrected chi connectivity index (χ3v) is 1.92. The minimum absolute atomic E-state index is 0.0379. The van der Waals surface area contributed by atoms with Gasteiger partial charge in [-0.3, -0.25) is 0 Å². The first kappa shape index (κ1) is 14.4. The van der Waals surface area contributed by atoms with Crippen LogP contribution in [0.2, 0.25) is 0 Å². The van der Waals surface area contributed by atoms with Crippen molar-refractivity contribution in [2.45, 2.75) is 59.1 Å². The predicted molar refractivity (Wildman–Crippen MR) is 70.1 cm³/mol. The fourth-order valence-corrected chi connectivity index (χ4v) is 1.45. The van der Waals surface area contributed by atoms with Crippen molar-refractivity contribution in [1.29, 1.82) is 0 Å². The van der Waals surface area contributed by atoms with Crippen LogP contribution in [0, 0.1) is 0 Å². The Labute approximate surface area is 99.1 Å². The second kappa shape index (κ2) is 6.83. The second-order valence-electron chi connectivity index (χ2n) is 4.56. The largest absolute Gasteiger partial charge is 0.464 e. The Morgan fingerprint density at radius 2 is 2.00 bits per heavy atom. The molecule has 0 aliphatic rings. The van der Waals surface area contributed by atoms with Gasteiger partial charge in [-0.2, -0.15) is 0 Å². The average molecular weight is 229 g/mol. The van der Waals surface area contributed by atoms with Gasteiger partial charge in [-0.05, 0) is 51.9 Å². The first-order valence-electron chi connectivity index (χ1n) is 5.54. The van der Waals surface area contributed by atoms with Crippen molar-refractivity contribution in [3.8, 4) is 0 Å². The fraction of sp³-hybridized carbons (Fsp3) is 0.750. The lowest BCUT2D eigenvalue weighted by Crippen LogP contribution is -2.41. The fourth-order valence-electron chi connectivity index (χ4n) is 1.02. The van der Waals surface area contributed by atoms with Gasteiger partial charge >= 0.3 is 0 Å². The topological polar surface area (TPSA) is 21.3 Å². The Kier molecular flexibility index (Phi) is 6.57. The maximum atomic E-state index is 5.61. The molecule has 0 unspecified atom stereocenters. The minimum Gasteiger partial charge on any atom is -0.464 e. The molecule has 15 heavy (non-hydrogen) atoms. The molecule has 0 bridgehead atoms. The van der Waals surface area contributed by atoms with Crippen molar-refractivity contribution in [2.75, 3.05) is 0 Å². The SMILES string of the molecule is CC/C=C/[C@H](CC)OC(=S)NC(C)(C)C. The predicted octanol–water partition coefficient (Wildman–Crippen LogP) is 3.42. The molecule has 0 saturated heterocycles.